The minimum atomic E-state index is -4.34. The predicted octanol–water partition coefficient (Wildman–Crippen LogP) is 4.41. The summed E-state index contributed by atoms with van der Waals surface area (Å²) in [4.78, 5) is 18.4. The number of alkyl halides is 3. The van der Waals surface area contributed by atoms with Gasteiger partial charge in [0.15, 0.2) is 0 Å². The van der Waals surface area contributed by atoms with Gasteiger partial charge in [0.2, 0.25) is 0 Å². The molecule has 2 aliphatic rings. The number of aliphatic imine (C=N–C) groups is 1. The van der Waals surface area contributed by atoms with Gasteiger partial charge in [-0.05, 0) is 42.7 Å². The smallest absolute Gasteiger partial charge is 0.339 e. The Bertz CT molecular complexity index is 701. The Kier molecular flexibility index (Phi) is 4.97. The number of likely N-dealkylation sites (tertiary alicyclic amines) is 1. The van der Waals surface area contributed by atoms with Crippen LogP contribution in [0.25, 0.3) is 0 Å². The van der Waals surface area contributed by atoms with Gasteiger partial charge in [0.25, 0.3) is 5.91 Å². The molecule has 134 valence electrons. The van der Waals surface area contributed by atoms with E-state index in [9.17, 15) is 18.0 Å². The zero-order valence-electron chi connectivity index (χ0n) is 14.1. The zero-order chi connectivity index (χ0) is 18.0. The Morgan fingerprint density at radius 1 is 1.20 bits per heavy atom. The molecule has 0 saturated carbocycles. The van der Waals surface area contributed by atoms with Crippen LogP contribution in [0.15, 0.2) is 41.0 Å². The lowest BCUT2D eigenvalue weighted by Gasteiger charge is -2.34. The first kappa shape index (κ1) is 17.7. The van der Waals surface area contributed by atoms with Crippen molar-refractivity contribution in [2.75, 3.05) is 13.1 Å². The number of benzene rings is 1. The molecule has 1 amide bonds. The number of piperidine rings is 1. The summed E-state index contributed by atoms with van der Waals surface area (Å²) in [6, 6.07) is 5.77. The van der Waals surface area contributed by atoms with E-state index >= 15 is 0 Å². The molecule has 6 heteroatoms. The van der Waals surface area contributed by atoms with Crippen LogP contribution in [0.5, 0.6) is 0 Å². The third kappa shape index (κ3) is 3.78. The van der Waals surface area contributed by atoms with Crippen molar-refractivity contribution in [1.29, 1.82) is 0 Å². The van der Waals surface area contributed by atoms with Crippen LogP contribution in [0.2, 0.25) is 0 Å². The molecular weight excluding hydrogens is 329 g/mol. The molecule has 1 aromatic carbocycles. The molecule has 1 aromatic rings. The van der Waals surface area contributed by atoms with Crippen molar-refractivity contribution >= 4 is 12.1 Å². The van der Waals surface area contributed by atoms with Gasteiger partial charge in [-0.3, -0.25) is 9.79 Å². The maximum Gasteiger partial charge on any atom is 0.416 e. The lowest BCUT2D eigenvalue weighted by molar-refractivity contribution is -0.138. The average molecular weight is 350 g/mol. The summed E-state index contributed by atoms with van der Waals surface area (Å²) >= 11 is 0. The monoisotopic (exact) mass is 350 g/mol. The third-order valence-corrected chi connectivity index (χ3v) is 5.04. The number of halogens is 3. The fraction of sp³-hybridized carbons (Fsp3) is 0.474. The van der Waals surface area contributed by atoms with Gasteiger partial charge in [-0.25, -0.2) is 0 Å². The summed E-state index contributed by atoms with van der Waals surface area (Å²) in [5.41, 5.74) is 0.478. The molecule has 0 N–H and O–H groups in total. The summed E-state index contributed by atoms with van der Waals surface area (Å²) in [7, 11) is 0. The molecule has 1 unspecified atom stereocenters. The zero-order valence-corrected chi connectivity index (χ0v) is 14.1. The fourth-order valence-corrected chi connectivity index (χ4v) is 3.56. The highest BCUT2D eigenvalue weighted by Crippen LogP contribution is 2.38. The largest absolute Gasteiger partial charge is 0.416 e. The van der Waals surface area contributed by atoms with Crippen LogP contribution in [0.1, 0.15) is 43.2 Å². The van der Waals surface area contributed by atoms with Crippen molar-refractivity contribution in [3.63, 3.8) is 0 Å². The highest BCUT2D eigenvalue weighted by atomic mass is 19.4. The number of hydrogen-bond acceptors (Lipinski definition) is 2. The van der Waals surface area contributed by atoms with Gasteiger partial charge in [0.05, 0.1) is 5.56 Å². The Hall–Kier alpha value is -2.11. The summed E-state index contributed by atoms with van der Waals surface area (Å²) in [6.45, 7) is 2.94. The minimum absolute atomic E-state index is 0.0353. The lowest BCUT2D eigenvalue weighted by Crippen LogP contribution is -2.40. The first-order valence-corrected chi connectivity index (χ1v) is 8.55. The molecule has 3 nitrogen and oxygen atoms in total. The number of amides is 1. The van der Waals surface area contributed by atoms with Gasteiger partial charge in [0.1, 0.15) is 0 Å². The molecule has 0 aromatic heterocycles. The van der Waals surface area contributed by atoms with Crippen LogP contribution in [0, 0.1) is 5.92 Å². The molecule has 0 spiro atoms. The SMILES string of the molecule is CC1CC=NC=C1C(=O)N1CCC(c2ccccc2C(F)(F)F)CC1. The Balaban J connectivity index is 1.70. The first-order chi connectivity index (χ1) is 11.9. The van der Waals surface area contributed by atoms with Crippen molar-refractivity contribution in [2.24, 2.45) is 10.9 Å². The number of carbonyl (C=O) groups is 1. The highest BCUT2D eigenvalue weighted by molar-refractivity contribution is 5.95. The molecular formula is C19H21F3N2O. The van der Waals surface area contributed by atoms with Crippen molar-refractivity contribution in [3.05, 3.63) is 47.2 Å². The predicted molar refractivity (Wildman–Crippen MR) is 90.4 cm³/mol. The van der Waals surface area contributed by atoms with Crippen LogP contribution in [0.4, 0.5) is 13.2 Å². The maximum atomic E-state index is 13.2. The van der Waals surface area contributed by atoms with Crippen LogP contribution in [-0.4, -0.2) is 30.1 Å². The van der Waals surface area contributed by atoms with E-state index in [4.69, 9.17) is 0 Å². The topological polar surface area (TPSA) is 32.7 Å². The van der Waals surface area contributed by atoms with Crippen LogP contribution in [-0.2, 0) is 11.0 Å². The van der Waals surface area contributed by atoms with Gasteiger partial charge in [0, 0.05) is 31.1 Å². The molecule has 2 heterocycles. The Morgan fingerprint density at radius 2 is 1.88 bits per heavy atom. The molecule has 1 saturated heterocycles. The van der Waals surface area contributed by atoms with Crippen LogP contribution >= 0.6 is 0 Å². The quantitative estimate of drug-likeness (QED) is 0.778. The molecule has 3 rings (SSSR count). The molecule has 25 heavy (non-hydrogen) atoms. The first-order valence-electron chi connectivity index (χ1n) is 8.55. The molecule has 0 radical (unpaired) electrons. The van der Waals surface area contributed by atoms with Crippen LogP contribution < -0.4 is 0 Å². The molecule has 0 bridgehead atoms. The maximum absolute atomic E-state index is 13.2. The van der Waals surface area contributed by atoms with E-state index in [0.29, 0.717) is 37.1 Å². The van der Waals surface area contributed by atoms with Crippen molar-refractivity contribution in [1.82, 2.24) is 4.90 Å². The Morgan fingerprint density at radius 3 is 2.52 bits per heavy atom. The molecule has 1 atom stereocenters. The van der Waals surface area contributed by atoms with E-state index in [0.717, 1.165) is 12.5 Å². The van der Waals surface area contributed by atoms with Gasteiger partial charge in [-0.15, -0.1) is 0 Å². The van der Waals surface area contributed by atoms with Gasteiger partial charge >= 0.3 is 6.18 Å². The summed E-state index contributed by atoms with van der Waals surface area (Å²) < 4.78 is 39.6. The minimum Gasteiger partial charge on any atom is -0.339 e. The Labute approximate surface area is 145 Å². The second kappa shape index (κ2) is 7.02. The standard InChI is InChI=1S/C19H21F3N2O/c1-13-6-9-23-12-16(13)18(25)24-10-7-14(8-11-24)15-4-2-3-5-17(15)19(20,21)22/h2-5,9,12-14H,6-8,10-11H2,1H3. The summed E-state index contributed by atoms with van der Waals surface area (Å²) in [6.07, 6.45) is 0.897. The summed E-state index contributed by atoms with van der Waals surface area (Å²) in [5, 5.41) is 0. The number of carbonyl (C=O) groups excluding carboxylic acids is 1. The second-order valence-electron chi connectivity index (χ2n) is 6.70. The van der Waals surface area contributed by atoms with E-state index in [2.05, 4.69) is 4.99 Å². The average Bonchev–Trinajstić information content (AvgIpc) is 2.61. The molecule has 1 fully saturated rings. The number of hydrogen-bond donors (Lipinski definition) is 0. The second-order valence-corrected chi connectivity index (χ2v) is 6.70. The lowest BCUT2D eigenvalue weighted by atomic mass is 9.85. The van der Waals surface area contributed by atoms with E-state index in [1.165, 1.54) is 6.07 Å². The van der Waals surface area contributed by atoms with Crippen molar-refractivity contribution in [3.8, 4) is 0 Å². The van der Waals surface area contributed by atoms with E-state index < -0.39 is 11.7 Å². The molecule has 0 aliphatic carbocycles. The van der Waals surface area contributed by atoms with Crippen molar-refractivity contribution < 1.29 is 18.0 Å². The third-order valence-electron chi connectivity index (χ3n) is 5.04. The molecule has 2 aliphatic heterocycles. The number of rotatable bonds is 2. The van der Waals surface area contributed by atoms with E-state index in [1.54, 1.807) is 29.4 Å². The van der Waals surface area contributed by atoms with Gasteiger partial charge in [-0.1, -0.05) is 25.1 Å². The van der Waals surface area contributed by atoms with Gasteiger partial charge < -0.3 is 4.90 Å². The fourth-order valence-electron chi connectivity index (χ4n) is 3.56. The summed E-state index contributed by atoms with van der Waals surface area (Å²) in [5.74, 6) is -0.0711. The van der Waals surface area contributed by atoms with Crippen molar-refractivity contribution in [2.45, 2.75) is 38.3 Å². The van der Waals surface area contributed by atoms with E-state index in [1.807, 2.05) is 6.92 Å². The van der Waals surface area contributed by atoms with E-state index in [-0.39, 0.29) is 17.7 Å². The number of nitrogens with zero attached hydrogens (tertiary/aromatic N) is 2. The van der Waals surface area contributed by atoms with Crippen LogP contribution in [0.3, 0.4) is 0 Å². The normalized spacial score (nSPS) is 22.0. The highest BCUT2D eigenvalue weighted by Gasteiger charge is 2.36. The van der Waals surface area contributed by atoms with Gasteiger partial charge in [-0.2, -0.15) is 13.2 Å².